The topological polar surface area (TPSA) is 124 Å². The number of hydrogen-bond acceptors (Lipinski definition) is 6. The first-order valence-corrected chi connectivity index (χ1v) is 8.48. The summed E-state index contributed by atoms with van der Waals surface area (Å²) >= 11 is 0. The fraction of sp³-hybridized carbons (Fsp3) is 0.846. The van der Waals surface area contributed by atoms with Crippen LogP contribution in [-0.2, 0) is 23.9 Å². The number of carbonyl (C=O) groups is 2. The van der Waals surface area contributed by atoms with E-state index in [1.807, 2.05) is 13.8 Å². The molecule has 2 aliphatic carbocycles. The predicted molar refractivity (Wildman–Crippen MR) is 73.9 cm³/mol. The lowest BCUT2D eigenvalue weighted by Crippen LogP contribution is -2.43. The summed E-state index contributed by atoms with van der Waals surface area (Å²) in [4.78, 5) is 22.8. The molecule has 3 atom stereocenters. The maximum atomic E-state index is 12.3. The van der Waals surface area contributed by atoms with Crippen molar-refractivity contribution < 1.29 is 27.3 Å². The van der Waals surface area contributed by atoms with Gasteiger partial charge in [-0.25, -0.2) is 0 Å². The van der Waals surface area contributed by atoms with Crippen molar-refractivity contribution in [3.8, 4) is 0 Å². The smallest absolute Gasteiger partial charge is 0.322 e. The van der Waals surface area contributed by atoms with Crippen LogP contribution in [0.1, 0.15) is 33.1 Å². The third-order valence-electron chi connectivity index (χ3n) is 5.31. The second-order valence-electron chi connectivity index (χ2n) is 6.60. The molecule has 21 heavy (non-hydrogen) atoms. The third-order valence-corrected chi connectivity index (χ3v) is 6.65. The summed E-state index contributed by atoms with van der Waals surface area (Å²) in [5, 5.41) is 8.64. The van der Waals surface area contributed by atoms with Crippen LogP contribution in [0.3, 0.4) is 0 Å². The molecule has 2 aliphatic rings. The molecule has 0 aromatic carbocycles. The molecule has 0 saturated heterocycles. The molecule has 120 valence electrons. The Morgan fingerprint density at radius 2 is 2.14 bits per heavy atom. The van der Waals surface area contributed by atoms with Crippen molar-refractivity contribution in [3.05, 3.63) is 0 Å². The van der Waals surface area contributed by atoms with Gasteiger partial charge >= 0.3 is 5.97 Å². The molecular weight excluding hydrogens is 298 g/mol. The Balaban J connectivity index is 2.13. The summed E-state index contributed by atoms with van der Waals surface area (Å²) in [5.41, 5.74) is 3.94. The molecular formula is C13H21NO6S. The minimum absolute atomic E-state index is 0.0292. The van der Waals surface area contributed by atoms with E-state index in [0.29, 0.717) is 12.8 Å². The Labute approximate surface area is 124 Å². The molecule has 2 saturated carbocycles. The van der Waals surface area contributed by atoms with Crippen molar-refractivity contribution in [2.45, 2.75) is 39.2 Å². The first-order valence-electron chi connectivity index (χ1n) is 6.91. The summed E-state index contributed by atoms with van der Waals surface area (Å²) in [6, 6.07) is -1.40. The molecule has 0 aliphatic heterocycles. The van der Waals surface area contributed by atoms with Crippen LogP contribution in [0.5, 0.6) is 0 Å². The molecule has 8 heteroatoms. The van der Waals surface area contributed by atoms with Gasteiger partial charge in [0.25, 0.3) is 10.1 Å². The molecule has 2 unspecified atom stereocenters. The minimum Gasteiger partial charge on any atom is -0.480 e. The quantitative estimate of drug-likeness (QED) is 0.667. The summed E-state index contributed by atoms with van der Waals surface area (Å²) in [7, 11) is -4.01. The fourth-order valence-electron chi connectivity index (χ4n) is 3.70. The van der Waals surface area contributed by atoms with Gasteiger partial charge in [-0.05, 0) is 24.2 Å². The largest absolute Gasteiger partial charge is 0.480 e. The predicted octanol–water partition coefficient (Wildman–Crippen LogP) is 0.140. The normalized spacial score (nSPS) is 32.3. The molecule has 0 amide bonds. The van der Waals surface area contributed by atoms with E-state index in [0.717, 1.165) is 6.42 Å². The zero-order chi connectivity index (χ0) is 16.1. The summed E-state index contributed by atoms with van der Waals surface area (Å²) in [6.45, 7) is 3.23. The van der Waals surface area contributed by atoms with Gasteiger partial charge in [0.1, 0.15) is 11.8 Å². The number of ketones is 1. The highest BCUT2D eigenvalue weighted by molar-refractivity contribution is 7.86. The van der Waals surface area contributed by atoms with Crippen LogP contribution in [0.15, 0.2) is 0 Å². The van der Waals surface area contributed by atoms with Crippen LogP contribution in [0.4, 0.5) is 0 Å². The summed E-state index contributed by atoms with van der Waals surface area (Å²) in [5.74, 6) is -1.55. The van der Waals surface area contributed by atoms with Crippen LogP contribution in [0.2, 0.25) is 0 Å². The number of aliphatic carboxylic acids is 1. The number of Topliss-reactive ketones (excluding diaryl/α,β-unsaturated/α-hetero) is 1. The third kappa shape index (κ3) is 2.60. The number of rotatable bonds is 6. The van der Waals surface area contributed by atoms with Crippen LogP contribution in [0.25, 0.3) is 0 Å². The Morgan fingerprint density at radius 3 is 2.57 bits per heavy atom. The van der Waals surface area contributed by atoms with E-state index in [-0.39, 0.29) is 17.1 Å². The SMILES string of the molecule is CC1(C)C2CCC1(CS(=O)(=O)OC[C@H](N)C(=O)O)C(=O)C2. The van der Waals surface area contributed by atoms with Crippen molar-refractivity contribution in [2.24, 2.45) is 22.5 Å². The molecule has 7 nitrogen and oxygen atoms in total. The lowest BCUT2D eigenvalue weighted by Gasteiger charge is -2.35. The zero-order valence-electron chi connectivity index (χ0n) is 12.2. The fourth-order valence-corrected chi connectivity index (χ4v) is 5.42. The van der Waals surface area contributed by atoms with E-state index in [1.165, 1.54) is 0 Å². The van der Waals surface area contributed by atoms with Gasteiger partial charge in [-0.3, -0.25) is 13.8 Å². The van der Waals surface area contributed by atoms with Crippen molar-refractivity contribution in [1.29, 1.82) is 0 Å². The first-order chi connectivity index (χ1) is 9.52. The molecule has 0 radical (unpaired) electrons. The molecule has 0 aromatic rings. The molecule has 3 N–H and O–H groups in total. The Kier molecular flexibility index (Phi) is 3.92. The average molecular weight is 319 g/mol. The summed E-state index contributed by atoms with van der Waals surface area (Å²) in [6.07, 6.45) is 1.79. The Hall–Kier alpha value is -0.990. The average Bonchev–Trinajstić information content (AvgIpc) is 2.69. The van der Waals surface area contributed by atoms with Crippen molar-refractivity contribution in [1.82, 2.24) is 0 Å². The van der Waals surface area contributed by atoms with Gasteiger partial charge in [-0.2, -0.15) is 8.42 Å². The van der Waals surface area contributed by atoms with E-state index < -0.39 is 39.9 Å². The molecule has 0 spiro atoms. The van der Waals surface area contributed by atoms with Crippen LogP contribution < -0.4 is 5.73 Å². The molecule has 2 fully saturated rings. The maximum Gasteiger partial charge on any atom is 0.322 e. The number of nitrogens with two attached hydrogens (primary N) is 1. The van der Waals surface area contributed by atoms with Gasteiger partial charge in [0, 0.05) is 6.42 Å². The highest BCUT2D eigenvalue weighted by Gasteiger charge is 2.65. The van der Waals surface area contributed by atoms with Crippen molar-refractivity contribution in [2.75, 3.05) is 12.4 Å². The van der Waals surface area contributed by atoms with Crippen LogP contribution in [0, 0.1) is 16.7 Å². The van der Waals surface area contributed by atoms with Crippen molar-refractivity contribution >= 4 is 21.9 Å². The van der Waals surface area contributed by atoms with Gasteiger partial charge in [-0.1, -0.05) is 13.8 Å². The van der Waals surface area contributed by atoms with E-state index in [9.17, 15) is 18.0 Å². The van der Waals surface area contributed by atoms with Gasteiger partial charge in [0.05, 0.1) is 17.8 Å². The van der Waals surface area contributed by atoms with Gasteiger partial charge in [-0.15, -0.1) is 0 Å². The number of carboxylic acids is 1. The number of hydrogen-bond donors (Lipinski definition) is 2. The standard InChI is InChI=1S/C13H21NO6S/c1-12(2)8-3-4-13(12,10(15)5-8)7-21(18,19)20-6-9(14)11(16)17/h8-9H,3-7,14H2,1-2H3,(H,16,17)/t8?,9-,13?/m0/s1. The molecule has 0 aromatic heterocycles. The zero-order valence-corrected chi connectivity index (χ0v) is 13.0. The van der Waals surface area contributed by atoms with Crippen molar-refractivity contribution in [3.63, 3.8) is 0 Å². The van der Waals surface area contributed by atoms with Gasteiger partial charge < -0.3 is 10.8 Å². The summed E-state index contributed by atoms with van der Waals surface area (Å²) < 4.78 is 28.9. The van der Waals surface area contributed by atoms with Gasteiger partial charge in [0.2, 0.25) is 0 Å². The Morgan fingerprint density at radius 1 is 1.52 bits per heavy atom. The molecule has 0 heterocycles. The molecule has 2 rings (SSSR count). The monoisotopic (exact) mass is 319 g/mol. The minimum atomic E-state index is -4.01. The number of carboxylic acid groups (broad SMARTS) is 1. The van der Waals surface area contributed by atoms with Crippen LogP contribution >= 0.6 is 0 Å². The first kappa shape index (κ1) is 16.4. The maximum absolute atomic E-state index is 12.3. The second kappa shape index (κ2) is 5.03. The number of carbonyl (C=O) groups excluding carboxylic acids is 1. The molecule has 2 bridgehead atoms. The van der Waals surface area contributed by atoms with Crippen LogP contribution in [-0.4, -0.2) is 43.7 Å². The van der Waals surface area contributed by atoms with Gasteiger partial charge in [0.15, 0.2) is 0 Å². The Bertz CT molecular complexity index is 569. The lowest BCUT2D eigenvalue weighted by molar-refractivity contribution is -0.139. The van der Waals surface area contributed by atoms with E-state index in [1.54, 1.807) is 0 Å². The van der Waals surface area contributed by atoms with E-state index >= 15 is 0 Å². The second-order valence-corrected chi connectivity index (χ2v) is 8.24. The van der Waals surface area contributed by atoms with E-state index in [2.05, 4.69) is 0 Å². The highest BCUT2D eigenvalue weighted by Crippen LogP contribution is 2.64. The number of fused-ring (bicyclic) bond motifs is 2. The lowest BCUT2D eigenvalue weighted by atomic mass is 9.70. The van der Waals surface area contributed by atoms with E-state index in [4.69, 9.17) is 15.0 Å². The highest BCUT2D eigenvalue weighted by atomic mass is 32.2.